The molecule has 3 aromatic rings. The summed E-state index contributed by atoms with van der Waals surface area (Å²) in [6, 6.07) is 11.5. The van der Waals surface area contributed by atoms with Crippen LogP contribution in [0.15, 0.2) is 36.4 Å². The summed E-state index contributed by atoms with van der Waals surface area (Å²) in [5.41, 5.74) is 5.22. The maximum Gasteiger partial charge on any atom is 0.265 e. The highest BCUT2D eigenvalue weighted by Crippen LogP contribution is 2.37. The van der Waals surface area contributed by atoms with Gasteiger partial charge in [0.2, 0.25) is 5.91 Å². The van der Waals surface area contributed by atoms with E-state index in [1.807, 2.05) is 64.1 Å². The fourth-order valence-corrected chi connectivity index (χ4v) is 4.45. The fraction of sp³-hybridized carbons (Fsp3) is 0.261. The van der Waals surface area contributed by atoms with E-state index in [-0.39, 0.29) is 25.0 Å². The minimum absolute atomic E-state index is 0.0823. The molecule has 0 radical (unpaired) electrons. The second-order valence-corrected chi connectivity index (χ2v) is 8.86. The van der Waals surface area contributed by atoms with Crippen LogP contribution in [0.2, 0.25) is 0 Å². The first-order valence-corrected chi connectivity index (χ1v) is 10.5. The highest BCUT2D eigenvalue weighted by molar-refractivity contribution is 7.11. The number of hydrogen-bond donors (Lipinski definition) is 1. The van der Waals surface area contributed by atoms with Crippen molar-refractivity contribution < 1.29 is 14.3 Å². The molecule has 0 aliphatic carbocycles. The summed E-state index contributed by atoms with van der Waals surface area (Å²) in [5.74, 6) is 0.0816. The fourth-order valence-electron chi connectivity index (χ4n) is 3.61. The first-order valence-electron chi connectivity index (χ1n) is 9.70. The molecule has 30 heavy (non-hydrogen) atoms. The lowest BCUT2D eigenvalue weighted by Gasteiger charge is -2.29. The van der Waals surface area contributed by atoms with Gasteiger partial charge in [0.15, 0.2) is 6.61 Å². The van der Waals surface area contributed by atoms with Crippen molar-refractivity contribution in [1.29, 1.82) is 0 Å². The zero-order valence-electron chi connectivity index (χ0n) is 17.4. The third-order valence-electron chi connectivity index (χ3n) is 5.04. The third-order valence-corrected chi connectivity index (χ3v) is 5.92. The Hall–Kier alpha value is -3.19. The smallest absolute Gasteiger partial charge is 0.265 e. The average molecular weight is 422 g/mol. The van der Waals surface area contributed by atoms with E-state index >= 15 is 0 Å². The SMILES string of the molecule is Cc1ccc(NC(=O)CN2C(=O)COc3ccc(-c4nc(C)sc4C)cc32)c(C)c1. The molecule has 1 aromatic heterocycles. The third kappa shape index (κ3) is 3.93. The number of ether oxygens (including phenoxy) is 1. The van der Waals surface area contributed by atoms with Gasteiger partial charge in [-0.3, -0.25) is 14.5 Å². The molecule has 2 heterocycles. The number of nitrogens with zero attached hydrogens (tertiary/aromatic N) is 2. The van der Waals surface area contributed by atoms with E-state index in [9.17, 15) is 9.59 Å². The predicted molar refractivity (Wildman–Crippen MR) is 119 cm³/mol. The second-order valence-electron chi connectivity index (χ2n) is 7.46. The lowest BCUT2D eigenvalue weighted by atomic mass is 10.1. The van der Waals surface area contributed by atoms with Crippen LogP contribution in [-0.4, -0.2) is 29.9 Å². The van der Waals surface area contributed by atoms with Gasteiger partial charge >= 0.3 is 0 Å². The van der Waals surface area contributed by atoms with E-state index in [0.29, 0.717) is 11.4 Å². The standard InChI is InChI=1S/C23H23N3O3S/c1-13-5-7-18(14(2)9-13)25-21(27)11-26-19-10-17(23-15(3)30-16(4)24-23)6-8-20(19)29-12-22(26)28/h5-10H,11-12H2,1-4H3,(H,25,27). The van der Waals surface area contributed by atoms with Crippen molar-refractivity contribution in [2.24, 2.45) is 0 Å². The van der Waals surface area contributed by atoms with Crippen molar-refractivity contribution in [2.45, 2.75) is 27.7 Å². The Morgan fingerprint density at radius 2 is 1.97 bits per heavy atom. The average Bonchev–Trinajstić information content (AvgIpc) is 3.04. The minimum Gasteiger partial charge on any atom is -0.482 e. The normalized spacial score (nSPS) is 13.1. The Labute approximate surface area is 179 Å². The van der Waals surface area contributed by atoms with E-state index in [0.717, 1.165) is 38.0 Å². The Kier molecular flexibility index (Phi) is 5.30. The molecule has 0 unspecified atom stereocenters. The lowest BCUT2D eigenvalue weighted by Crippen LogP contribution is -2.43. The summed E-state index contributed by atoms with van der Waals surface area (Å²) in [6.07, 6.45) is 0. The zero-order chi connectivity index (χ0) is 21.4. The Balaban J connectivity index is 1.61. The number of rotatable bonds is 4. The number of hydrogen-bond acceptors (Lipinski definition) is 5. The van der Waals surface area contributed by atoms with Gasteiger partial charge in [-0.15, -0.1) is 11.3 Å². The number of thiazole rings is 1. The molecule has 1 aliphatic rings. The van der Waals surface area contributed by atoms with Crippen LogP contribution in [0, 0.1) is 27.7 Å². The maximum atomic E-state index is 12.7. The number of amides is 2. The number of carbonyl (C=O) groups excluding carboxylic acids is 2. The number of carbonyl (C=O) groups is 2. The highest BCUT2D eigenvalue weighted by atomic mass is 32.1. The van der Waals surface area contributed by atoms with Gasteiger partial charge in [-0.1, -0.05) is 17.7 Å². The van der Waals surface area contributed by atoms with Gasteiger partial charge < -0.3 is 10.1 Å². The summed E-state index contributed by atoms with van der Waals surface area (Å²) in [5, 5.41) is 3.89. The summed E-state index contributed by atoms with van der Waals surface area (Å²) in [4.78, 5) is 32.5. The predicted octanol–water partition coefficient (Wildman–Crippen LogP) is 4.41. The largest absolute Gasteiger partial charge is 0.482 e. The topological polar surface area (TPSA) is 71.5 Å². The van der Waals surface area contributed by atoms with Gasteiger partial charge in [-0.2, -0.15) is 0 Å². The molecule has 0 spiro atoms. The molecular formula is C23H23N3O3S. The van der Waals surface area contributed by atoms with E-state index < -0.39 is 0 Å². The van der Waals surface area contributed by atoms with Crippen LogP contribution >= 0.6 is 11.3 Å². The van der Waals surface area contributed by atoms with Gasteiger partial charge in [0, 0.05) is 16.1 Å². The number of nitrogens with one attached hydrogen (secondary N) is 1. The van der Waals surface area contributed by atoms with Gasteiger partial charge in [0.05, 0.1) is 16.4 Å². The molecule has 0 atom stereocenters. The molecule has 154 valence electrons. The maximum absolute atomic E-state index is 12.7. The minimum atomic E-state index is -0.255. The molecule has 1 N–H and O–H groups in total. The van der Waals surface area contributed by atoms with E-state index in [1.54, 1.807) is 11.3 Å². The molecule has 0 fully saturated rings. The van der Waals surface area contributed by atoms with E-state index in [1.165, 1.54) is 4.90 Å². The molecule has 2 aromatic carbocycles. The van der Waals surface area contributed by atoms with Crippen LogP contribution < -0.4 is 15.0 Å². The molecule has 0 bridgehead atoms. The molecule has 4 rings (SSSR count). The lowest BCUT2D eigenvalue weighted by molar-refractivity contribution is -0.123. The molecule has 0 saturated carbocycles. The van der Waals surface area contributed by atoms with Gasteiger partial charge in [0.25, 0.3) is 5.91 Å². The highest BCUT2D eigenvalue weighted by Gasteiger charge is 2.28. The van der Waals surface area contributed by atoms with Crippen LogP contribution in [0.5, 0.6) is 5.75 Å². The number of benzene rings is 2. The first-order chi connectivity index (χ1) is 14.3. The van der Waals surface area contributed by atoms with Crippen molar-refractivity contribution >= 4 is 34.5 Å². The molecule has 6 nitrogen and oxygen atoms in total. The van der Waals surface area contributed by atoms with Crippen molar-refractivity contribution in [3.63, 3.8) is 0 Å². The molecule has 2 amide bonds. The first kappa shape index (κ1) is 20.1. The zero-order valence-corrected chi connectivity index (χ0v) is 18.2. The molecule has 1 aliphatic heterocycles. The number of anilines is 2. The Bertz CT molecular complexity index is 1150. The van der Waals surface area contributed by atoms with Crippen LogP contribution in [0.3, 0.4) is 0 Å². The summed E-state index contributed by atoms with van der Waals surface area (Å²) in [7, 11) is 0. The van der Waals surface area contributed by atoms with E-state index in [2.05, 4.69) is 10.3 Å². The molecule has 0 saturated heterocycles. The number of fused-ring (bicyclic) bond motifs is 1. The second kappa shape index (κ2) is 7.91. The Morgan fingerprint density at radius 3 is 2.67 bits per heavy atom. The number of aryl methyl sites for hydroxylation is 4. The van der Waals surface area contributed by atoms with Crippen LogP contribution in [0.25, 0.3) is 11.3 Å². The van der Waals surface area contributed by atoms with Crippen molar-refractivity contribution in [1.82, 2.24) is 4.98 Å². The van der Waals surface area contributed by atoms with Gasteiger partial charge in [-0.25, -0.2) is 4.98 Å². The van der Waals surface area contributed by atoms with Crippen LogP contribution in [0.4, 0.5) is 11.4 Å². The Morgan fingerprint density at radius 1 is 1.17 bits per heavy atom. The van der Waals surface area contributed by atoms with Gasteiger partial charge in [0.1, 0.15) is 12.3 Å². The van der Waals surface area contributed by atoms with Crippen molar-refractivity contribution in [3.05, 3.63) is 57.4 Å². The quantitative estimate of drug-likeness (QED) is 0.677. The van der Waals surface area contributed by atoms with Crippen LogP contribution in [-0.2, 0) is 9.59 Å². The summed E-state index contributed by atoms with van der Waals surface area (Å²) in [6.45, 7) is 7.78. The van der Waals surface area contributed by atoms with E-state index in [4.69, 9.17) is 4.74 Å². The summed E-state index contributed by atoms with van der Waals surface area (Å²) >= 11 is 1.63. The molecular weight excluding hydrogens is 398 g/mol. The van der Waals surface area contributed by atoms with Gasteiger partial charge in [-0.05, 0) is 57.5 Å². The van der Waals surface area contributed by atoms with Crippen LogP contribution in [0.1, 0.15) is 21.0 Å². The van der Waals surface area contributed by atoms with Crippen molar-refractivity contribution in [3.8, 4) is 17.0 Å². The van der Waals surface area contributed by atoms with Crippen molar-refractivity contribution in [2.75, 3.05) is 23.4 Å². The number of aromatic nitrogens is 1. The summed E-state index contributed by atoms with van der Waals surface area (Å²) < 4.78 is 5.58. The molecule has 7 heteroatoms. The monoisotopic (exact) mass is 421 g/mol.